The van der Waals surface area contributed by atoms with Gasteiger partial charge in [-0.15, -0.1) is 0 Å². The molecular formula is C13H16N4O2. The van der Waals surface area contributed by atoms with Crippen molar-refractivity contribution in [3.8, 4) is 17.0 Å². The molecule has 1 heterocycles. The van der Waals surface area contributed by atoms with Gasteiger partial charge in [0, 0.05) is 25.6 Å². The van der Waals surface area contributed by atoms with Gasteiger partial charge in [0.1, 0.15) is 11.6 Å². The molecule has 0 bridgehead atoms. The molecule has 6 nitrogen and oxygen atoms in total. The van der Waals surface area contributed by atoms with E-state index in [1.807, 2.05) is 12.1 Å². The molecule has 0 aliphatic heterocycles. The zero-order chi connectivity index (χ0) is 14.0. The van der Waals surface area contributed by atoms with Crippen LogP contribution in [0.1, 0.15) is 6.92 Å². The van der Waals surface area contributed by atoms with Crippen molar-refractivity contribution in [2.24, 2.45) is 7.05 Å². The van der Waals surface area contributed by atoms with Crippen molar-refractivity contribution in [2.45, 2.75) is 6.92 Å². The van der Waals surface area contributed by atoms with E-state index in [4.69, 9.17) is 10.5 Å². The van der Waals surface area contributed by atoms with Crippen LogP contribution in [-0.4, -0.2) is 22.8 Å². The largest absolute Gasteiger partial charge is 0.495 e. The maximum atomic E-state index is 11.3. The third-order valence-corrected chi connectivity index (χ3v) is 2.74. The molecule has 100 valence electrons. The quantitative estimate of drug-likeness (QED) is 0.878. The van der Waals surface area contributed by atoms with Crippen molar-refractivity contribution in [1.29, 1.82) is 0 Å². The van der Waals surface area contributed by atoms with Gasteiger partial charge in [0.05, 0.1) is 18.5 Å². The van der Waals surface area contributed by atoms with Crippen molar-refractivity contribution < 1.29 is 9.53 Å². The Kier molecular flexibility index (Phi) is 3.41. The molecule has 2 aromatic rings. The third-order valence-electron chi connectivity index (χ3n) is 2.74. The lowest BCUT2D eigenvalue weighted by Gasteiger charge is -2.12. The summed E-state index contributed by atoms with van der Waals surface area (Å²) >= 11 is 0. The zero-order valence-corrected chi connectivity index (χ0v) is 11.1. The fourth-order valence-corrected chi connectivity index (χ4v) is 1.83. The van der Waals surface area contributed by atoms with Gasteiger partial charge in [0.2, 0.25) is 5.91 Å². The molecule has 0 saturated heterocycles. The standard InChI is InChI=1S/C13H16N4O2/c1-8(18)15-13-9(5-4-6-11(13)19-3)10-7-12(14)17(2)16-10/h4-7H,14H2,1-3H3,(H,15,18). The summed E-state index contributed by atoms with van der Waals surface area (Å²) in [4.78, 5) is 11.3. The van der Waals surface area contributed by atoms with Crippen molar-refractivity contribution in [3.63, 3.8) is 0 Å². The monoisotopic (exact) mass is 260 g/mol. The fourth-order valence-electron chi connectivity index (χ4n) is 1.83. The number of rotatable bonds is 3. The summed E-state index contributed by atoms with van der Waals surface area (Å²) in [5.74, 6) is 0.957. The van der Waals surface area contributed by atoms with Gasteiger partial charge < -0.3 is 15.8 Å². The summed E-state index contributed by atoms with van der Waals surface area (Å²) in [7, 11) is 3.31. The third kappa shape index (κ3) is 2.52. The molecule has 0 unspecified atom stereocenters. The van der Waals surface area contributed by atoms with Gasteiger partial charge >= 0.3 is 0 Å². The molecule has 0 spiro atoms. The molecule has 1 aromatic carbocycles. The average Bonchev–Trinajstić information content (AvgIpc) is 2.69. The summed E-state index contributed by atoms with van der Waals surface area (Å²) in [5, 5.41) is 7.07. The van der Waals surface area contributed by atoms with Crippen LogP contribution in [0, 0.1) is 0 Å². The van der Waals surface area contributed by atoms with Crippen LogP contribution in [0.5, 0.6) is 5.75 Å². The lowest BCUT2D eigenvalue weighted by atomic mass is 10.1. The van der Waals surface area contributed by atoms with E-state index in [0.717, 1.165) is 5.56 Å². The van der Waals surface area contributed by atoms with E-state index in [1.54, 1.807) is 31.0 Å². The van der Waals surface area contributed by atoms with Gasteiger partial charge in [-0.2, -0.15) is 5.10 Å². The number of hydrogen-bond acceptors (Lipinski definition) is 4. The van der Waals surface area contributed by atoms with Crippen molar-refractivity contribution in [2.75, 3.05) is 18.2 Å². The number of nitrogens with two attached hydrogens (primary N) is 1. The Bertz CT molecular complexity index is 600. The normalized spacial score (nSPS) is 10.3. The van der Waals surface area contributed by atoms with Crippen LogP contribution in [0.4, 0.5) is 11.5 Å². The topological polar surface area (TPSA) is 82.2 Å². The van der Waals surface area contributed by atoms with E-state index in [-0.39, 0.29) is 5.91 Å². The molecule has 0 saturated carbocycles. The van der Waals surface area contributed by atoms with E-state index in [9.17, 15) is 4.79 Å². The molecule has 0 fully saturated rings. The van der Waals surface area contributed by atoms with Crippen LogP contribution in [0.15, 0.2) is 24.3 Å². The summed E-state index contributed by atoms with van der Waals surface area (Å²) in [6, 6.07) is 7.22. The number of aromatic nitrogens is 2. The highest BCUT2D eigenvalue weighted by Gasteiger charge is 2.14. The molecule has 6 heteroatoms. The van der Waals surface area contributed by atoms with E-state index in [0.29, 0.717) is 22.9 Å². The fraction of sp³-hybridized carbons (Fsp3) is 0.231. The Morgan fingerprint density at radius 3 is 2.74 bits per heavy atom. The smallest absolute Gasteiger partial charge is 0.221 e. The van der Waals surface area contributed by atoms with Gasteiger partial charge in [-0.25, -0.2) is 0 Å². The number of nitrogens with zero attached hydrogens (tertiary/aromatic N) is 2. The Morgan fingerprint density at radius 1 is 1.47 bits per heavy atom. The molecule has 0 atom stereocenters. The Hall–Kier alpha value is -2.50. The highest BCUT2D eigenvalue weighted by Crippen LogP contribution is 2.35. The van der Waals surface area contributed by atoms with Crippen molar-refractivity contribution in [3.05, 3.63) is 24.3 Å². The number of hydrogen-bond donors (Lipinski definition) is 2. The maximum Gasteiger partial charge on any atom is 0.221 e. The number of nitrogen functional groups attached to an aromatic ring is 1. The number of methoxy groups -OCH3 is 1. The van der Waals surface area contributed by atoms with Gasteiger partial charge in [-0.05, 0) is 6.07 Å². The van der Waals surface area contributed by atoms with Gasteiger partial charge in [0.25, 0.3) is 0 Å². The number of carbonyl (C=O) groups is 1. The number of nitrogens with one attached hydrogen (secondary N) is 1. The Labute approximate surface area is 111 Å². The van der Waals surface area contributed by atoms with E-state index in [1.165, 1.54) is 6.92 Å². The maximum absolute atomic E-state index is 11.3. The second-order valence-electron chi connectivity index (χ2n) is 4.14. The van der Waals surface area contributed by atoms with Crippen molar-refractivity contribution in [1.82, 2.24) is 9.78 Å². The van der Waals surface area contributed by atoms with Crippen LogP contribution >= 0.6 is 0 Å². The molecule has 1 amide bonds. The van der Waals surface area contributed by atoms with E-state index >= 15 is 0 Å². The van der Waals surface area contributed by atoms with Crippen LogP contribution in [-0.2, 0) is 11.8 Å². The second kappa shape index (κ2) is 5.01. The van der Waals surface area contributed by atoms with Crippen molar-refractivity contribution >= 4 is 17.4 Å². The molecule has 19 heavy (non-hydrogen) atoms. The molecular weight excluding hydrogens is 244 g/mol. The summed E-state index contributed by atoms with van der Waals surface area (Å²) in [6.45, 7) is 1.45. The van der Waals surface area contributed by atoms with E-state index < -0.39 is 0 Å². The molecule has 1 aromatic heterocycles. The average molecular weight is 260 g/mol. The minimum Gasteiger partial charge on any atom is -0.495 e. The van der Waals surface area contributed by atoms with Gasteiger partial charge in [-0.3, -0.25) is 9.48 Å². The number of amides is 1. The summed E-state index contributed by atoms with van der Waals surface area (Å²) in [6.07, 6.45) is 0. The van der Waals surface area contributed by atoms with Crippen LogP contribution in [0.25, 0.3) is 11.3 Å². The Morgan fingerprint density at radius 2 is 2.21 bits per heavy atom. The number of anilines is 2. The SMILES string of the molecule is COc1cccc(-c2cc(N)n(C)n2)c1NC(C)=O. The molecule has 2 rings (SSSR count). The van der Waals surface area contributed by atoms with Gasteiger partial charge in [0.15, 0.2) is 0 Å². The van der Waals surface area contributed by atoms with Gasteiger partial charge in [-0.1, -0.05) is 12.1 Å². The predicted octanol–water partition coefficient (Wildman–Crippen LogP) is 1.64. The zero-order valence-electron chi connectivity index (χ0n) is 11.1. The number of benzene rings is 1. The first kappa shape index (κ1) is 12.9. The number of carbonyl (C=O) groups excluding carboxylic acids is 1. The van der Waals surface area contributed by atoms with Crippen LogP contribution < -0.4 is 15.8 Å². The minimum atomic E-state index is -0.172. The molecule has 0 aliphatic carbocycles. The lowest BCUT2D eigenvalue weighted by Crippen LogP contribution is -2.08. The molecule has 0 radical (unpaired) electrons. The number of ether oxygens (including phenoxy) is 1. The summed E-state index contributed by atoms with van der Waals surface area (Å²) < 4.78 is 6.84. The Balaban J connectivity index is 2.58. The molecule has 0 aliphatic rings. The van der Waals surface area contributed by atoms with Crippen LogP contribution in [0.2, 0.25) is 0 Å². The second-order valence-corrected chi connectivity index (χ2v) is 4.14. The highest BCUT2D eigenvalue weighted by molar-refractivity contribution is 5.96. The molecule has 3 N–H and O–H groups in total. The first-order chi connectivity index (χ1) is 9.02. The number of aryl methyl sites for hydroxylation is 1. The minimum absolute atomic E-state index is 0.172. The highest BCUT2D eigenvalue weighted by atomic mass is 16.5. The first-order valence-corrected chi connectivity index (χ1v) is 5.77. The number of para-hydroxylation sites is 1. The predicted molar refractivity (Wildman–Crippen MR) is 73.9 cm³/mol. The van der Waals surface area contributed by atoms with Crippen LogP contribution in [0.3, 0.4) is 0 Å². The first-order valence-electron chi connectivity index (χ1n) is 5.77. The lowest BCUT2D eigenvalue weighted by molar-refractivity contribution is -0.114. The van der Waals surface area contributed by atoms with E-state index in [2.05, 4.69) is 10.4 Å². The summed E-state index contributed by atoms with van der Waals surface area (Å²) in [5.41, 5.74) is 7.82.